The lowest BCUT2D eigenvalue weighted by Gasteiger charge is -2.31. The van der Waals surface area contributed by atoms with E-state index in [0.717, 1.165) is 103 Å². The molecule has 0 spiro atoms. The number of hydrogen-bond acceptors (Lipinski definition) is 7. The summed E-state index contributed by atoms with van der Waals surface area (Å²) in [6.07, 6.45) is 62.5. The third kappa shape index (κ3) is 69.0. The van der Waals surface area contributed by atoms with Crippen molar-refractivity contribution in [1.82, 2.24) is 0 Å². The van der Waals surface area contributed by atoms with E-state index in [1.165, 1.54) is 0 Å². The molecular weight excluding hydrogens is 1060 g/mol. The van der Waals surface area contributed by atoms with E-state index < -0.39 is 39.0 Å². The van der Waals surface area contributed by atoms with Gasteiger partial charge in [0.25, 0.3) is 0 Å². The predicted octanol–water partition coefficient (Wildman–Crippen LogP) is 20.1. The van der Waals surface area contributed by atoms with Gasteiger partial charge in [-0.25, -0.2) is 13.9 Å². The minimum absolute atomic E-state index is 0.0901. The number of alkyl halides is 5. The van der Waals surface area contributed by atoms with Crippen LogP contribution in [0.5, 0.6) is 0 Å². The van der Waals surface area contributed by atoms with E-state index in [4.69, 9.17) is 56.5 Å². The molecule has 0 saturated heterocycles. The van der Waals surface area contributed by atoms with E-state index in [0.29, 0.717) is 6.61 Å². The Morgan fingerprint density at radius 1 is 0.461 bits per heavy atom. The fraction of sp³-hybridized carbons (Fsp3) is 0.576. The molecule has 3 N–H and O–H groups in total. The number of halogens is 5. The van der Waals surface area contributed by atoms with E-state index in [1.807, 2.05) is 48.5 Å². The molecule has 0 aliphatic heterocycles. The molecule has 0 heterocycles. The Morgan fingerprint density at radius 3 is 0.855 bits per heavy atom. The van der Waals surface area contributed by atoms with Crippen LogP contribution >= 0.6 is 38.8 Å². The highest BCUT2D eigenvalue weighted by molar-refractivity contribution is 7.48. The predicted molar refractivity (Wildman–Crippen MR) is 317 cm³/mol. The van der Waals surface area contributed by atoms with Crippen LogP contribution in [0.3, 0.4) is 0 Å². The van der Waals surface area contributed by atoms with E-state index in [1.54, 1.807) is 0 Å². The summed E-state index contributed by atoms with van der Waals surface area (Å²) in [7, 11) is -8.02. The highest BCUT2D eigenvalue weighted by atomic mass is 35.5. The fourth-order valence-electron chi connectivity index (χ4n) is 5.47. The molecule has 0 aromatic rings. The van der Waals surface area contributed by atoms with E-state index in [2.05, 4.69) is 171 Å². The summed E-state index contributed by atoms with van der Waals surface area (Å²) in [6, 6.07) is 0. The van der Waals surface area contributed by atoms with Gasteiger partial charge in [-0.15, -0.1) is 23.2 Å². The van der Waals surface area contributed by atoms with Crippen molar-refractivity contribution in [3.05, 3.63) is 146 Å². The zero-order valence-electron chi connectivity index (χ0n) is 47.4. The van der Waals surface area contributed by atoms with Crippen molar-refractivity contribution in [3.8, 4) is 0 Å². The molecule has 438 valence electrons. The summed E-state index contributed by atoms with van der Waals surface area (Å²) >= 11 is 9.53. The summed E-state index contributed by atoms with van der Waals surface area (Å²) in [5, 5.41) is 7.32. The molecule has 0 radical (unpaired) electrons. The minimum Gasteiger partial charge on any atom is -0.475 e. The molecule has 0 bridgehead atoms. The Balaban J connectivity index is -0.000000588. The first-order chi connectivity index (χ1) is 35.8. The van der Waals surface area contributed by atoms with Crippen molar-refractivity contribution < 1.29 is 60.1 Å². The lowest BCUT2D eigenvalue weighted by Crippen LogP contribution is -2.25. The minimum atomic E-state index is -5.08. The van der Waals surface area contributed by atoms with Crippen molar-refractivity contribution in [1.29, 1.82) is 0 Å². The van der Waals surface area contributed by atoms with Gasteiger partial charge in [0, 0.05) is 0 Å². The summed E-state index contributed by atoms with van der Waals surface area (Å²) in [5.41, 5.74) is -1.24. The van der Waals surface area contributed by atoms with Crippen LogP contribution < -0.4 is 0 Å². The maximum Gasteiger partial charge on any atom is 0.490 e. The first kappa shape index (κ1) is 79.4. The summed E-state index contributed by atoms with van der Waals surface area (Å²) in [4.78, 5) is 26.4. The average Bonchev–Trinajstić information content (AvgIpc) is 3.31. The Bertz CT molecular complexity index is 1840. The number of allylic oxidation sites excluding steroid dienone is 24. The second-order valence-corrected chi connectivity index (χ2v) is 22.3. The monoisotopic (exact) mass is 1150 g/mol. The maximum atomic E-state index is 13.2. The second kappa shape index (κ2) is 52.6. The highest BCUT2D eigenvalue weighted by Crippen LogP contribution is 2.55. The van der Waals surface area contributed by atoms with Crippen LogP contribution in [0.25, 0.3) is 0 Å². The standard InChI is InChI=1S/C32H55O4P.C24H39O4P.C2HF3O2.CH2Cl2/c1-9-11-12-13-14-15-16-17-18-19-20-21-22-23-24-25-26-27-28-30(10-2)29-34-37(33,35-31(3,4)5)36-32(6,7)8;1-3-5-6-7-8-9-10-11-12-13-14-15-16-17-18-19-20-21-22-24(4-2)23-28-29(25,26)27;3-2(4,5)1(6)7;2-1-3/h11-12,14-15,17-18,20-21,23-24,26-27,30H,9-10,13,16,19,22,25,28-29H2,1-8H3;5-6,8-9,11-12,14-15,17-18,20-21,24H,3-4,7,10,13,16,19,22-23H2,1-2H3,(H2,25,26,27);(H,6,7);1H2/b12-11-,15-14-,18-17-,21-20-,24-23-,27-26-;6-5-,9-8-,12-11-,15-14-,18-17-,21-20-;;. The normalized spacial score (nSPS) is 14.3. The lowest BCUT2D eigenvalue weighted by molar-refractivity contribution is -0.192. The molecule has 0 rings (SSSR count). The van der Waals surface area contributed by atoms with Gasteiger partial charge >= 0.3 is 27.8 Å². The van der Waals surface area contributed by atoms with Gasteiger partial charge in [0.1, 0.15) is 0 Å². The molecule has 0 aromatic heterocycles. The number of phosphoric acid groups is 2. The smallest absolute Gasteiger partial charge is 0.475 e. The van der Waals surface area contributed by atoms with Crippen LogP contribution in [-0.2, 0) is 32.0 Å². The SMILES string of the molecule is CC/C=C\C/C=C\C/C=C\C/C=C\C/C=C\C/C=C\CC(CC)COP(=O)(O)O.CC/C=C\C/C=C\C/C=C\C/C=C\C/C=C\C/C=C\CC(CC)COP(=O)(OC(C)(C)C)OC(C)(C)C.ClCCl.O=C(O)C(F)(F)F. The highest BCUT2D eigenvalue weighted by Gasteiger charge is 2.39. The molecule has 0 fully saturated rings. The third-order valence-electron chi connectivity index (χ3n) is 9.25. The molecule has 0 saturated carbocycles. The van der Waals surface area contributed by atoms with Crippen molar-refractivity contribution in [3.63, 3.8) is 0 Å². The second-order valence-electron chi connectivity index (χ2n) is 18.7. The van der Waals surface area contributed by atoms with Gasteiger partial charge in [0.05, 0.1) is 29.8 Å². The topological polar surface area (TPSA) is 149 Å². The third-order valence-corrected chi connectivity index (χ3v) is 11.7. The van der Waals surface area contributed by atoms with Crippen LogP contribution in [-0.4, -0.2) is 56.8 Å². The van der Waals surface area contributed by atoms with Gasteiger partial charge in [-0.05, 0) is 143 Å². The van der Waals surface area contributed by atoms with E-state index in [-0.39, 0.29) is 23.8 Å². The zero-order chi connectivity index (χ0) is 58.5. The number of carbonyl (C=O) groups is 1. The fourth-order valence-corrected chi connectivity index (χ4v) is 7.75. The zero-order valence-corrected chi connectivity index (χ0v) is 50.7. The Hall–Kier alpha value is -3.06. The van der Waals surface area contributed by atoms with Gasteiger partial charge < -0.3 is 14.9 Å². The number of phosphoric ester groups is 2. The molecule has 2 atom stereocenters. The van der Waals surface area contributed by atoms with Gasteiger partial charge in [0.2, 0.25) is 0 Å². The molecule has 0 amide bonds. The summed E-state index contributed by atoms with van der Waals surface area (Å²) < 4.78 is 77.4. The number of carboxylic acids is 1. The van der Waals surface area contributed by atoms with Crippen molar-refractivity contribution >= 4 is 44.8 Å². The number of carboxylic acid groups (broad SMARTS) is 1. The van der Waals surface area contributed by atoms with Gasteiger partial charge in [-0.3, -0.25) is 18.1 Å². The molecule has 10 nitrogen and oxygen atoms in total. The number of rotatable bonds is 36. The Morgan fingerprint density at radius 2 is 0.671 bits per heavy atom. The molecule has 0 aliphatic rings. The molecule has 17 heteroatoms. The van der Waals surface area contributed by atoms with Gasteiger partial charge in [0.15, 0.2) is 0 Å². The first-order valence-electron chi connectivity index (χ1n) is 26.3. The van der Waals surface area contributed by atoms with Crippen LogP contribution in [0.2, 0.25) is 0 Å². The Labute approximate surface area is 468 Å². The van der Waals surface area contributed by atoms with Crippen LogP contribution in [0.1, 0.15) is 172 Å². The number of aliphatic carboxylic acids is 1. The molecule has 76 heavy (non-hydrogen) atoms. The van der Waals surface area contributed by atoms with Crippen molar-refractivity contribution in [2.75, 3.05) is 18.6 Å². The van der Waals surface area contributed by atoms with Gasteiger partial charge in [-0.2, -0.15) is 13.2 Å². The number of hydrogen-bond donors (Lipinski definition) is 3. The maximum absolute atomic E-state index is 13.2. The lowest BCUT2D eigenvalue weighted by atomic mass is 10.0. The van der Waals surface area contributed by atoms with Crippen LogP contribution in [0, 0.1) is 11.8 Å². The quantitative estimate of drug-likeness (QED) is 0.0314. The van der Waals surface area contributed by atoms with Crippen molar-refractivity contribution in [2.45, 2.75) is 189 Å². The molecule has 2 unspecified atom stereocenters. The van der Waals surface area contributed by atoms with Gasteiger partial charge in [-0.1, -0.05) is 186 Å². The summed E-state index contributed by atoms with van der Waals surface area (Å²) in [6.45, 7) is 19.9. The molecular formula is C59H97Cl2F3O10P2. The average molecular weight is 1160 g/mol. The largest absolute Gasteiger partial charge is 0.490 e. The van der Waals surface area contributed by atoms with Crippen LogP contribution in [0.4, 0.5) is 13.2 Å². The molecule has 0 aromatic carbocycles. The molecule has 0 aliphatic carbocycles. The first-order valence-corrected chi connectivity index (χ1v) is 30.4. The Kier molecular flexibility index (Phi) is 55.0. The van der Waals surface area contributed by atoms with E-state index >= 15 is 0 Å². The van der Waals surface area contributed by atoms with Crippen LogP contribution in [0.15, 0.2) is 146 Å². The van der Waals surface area contributed by atoms with Crippen molar-refractivity contribution in [2.24, 2.45) is 11.8 Å². The van der Waals surface area contributed by atoms with E-state index in [9.17, 15) is 22.3 Å². The summed E-state index contributed by atoms with van der Waals surface area (Å²) in [5.74, 6) is -2.37.